The molecule has 34 heavy (non-hydrogen) atoms. The van der Waals surface area contributed by atoms with E-state index < -0.39 is 23.2 Å². The summed E-state index contributed by atoms with van der Waals surface area (Å²) in [7, 11) is 5.40. The number of ether oxygens (including phenoxy) is 2. The first-order chi connectivity index (χ1) is 16.4. The number of aliphatic hydroxyl groups is 2. The number of fused-ring (bicyclic) bond motifs is 3. The van der Waals surface area contributed by atoms with Crippen molar-refractivity contribution < 1.29 is 19.7 Å². The molecular formula is C27H27N3O4. The topological polar surface area (TPSA) is 98.8 Å². The average molecular weight is 458 g/mol. The third-order valence-electron chi connectivity index (χ3n) is 7.19. The zero-order valence-corrected chi connectivity index (χ0v) is 19.3. The number of methoxy groups -OCH3 is 1. The molecule has 7 heteroatoms. The molecule has 0 amide bonds. The van der Waals surface area contributed by atoms with Crippen LogP contribution in [0.5, 0.6) is 11.5 Å². The van der Waals surface area contributed by atoms with Gasteiger partial charge in [-0.15, -0.1) is 0 Å². The Morgan fingerprint density at radius 1 is 1.12 bits per heavy atom. The van der Waals surface area contributed by atoms with E-state index in [-0.39, 0.29) is 5.92 Å². The van der Waals surface area contributed by atoms with Gasteiger partial charge < -0.3 is 24.6 Å². The number of rotatable bonds is 5. The fourth-order valence-corrected chi connectivity index (χ4v) is 5.95. The Bertz CT molecular complexity index is 1240. The second-order valence-corrected chi connectivity index (χ2v) is 9.27. The zero-order valence-electron chi connectivity index (χ0n) is 19.3. The summed E-state index contributed by atoms with van der Waals surface area (Å²) in [6.07, 6.45) is 1.90. The maximum atomic E-state index is 12.6. The van der Waals surface area contributed by atoms with Gasteiger partial charge in [0.15, 0.2) is 11.2 Å². The van der Waals surface area contributed by atoms with E-state index in [1.807, 2.05) is 49.3 Å². The molecule has 2 N–H and O–H groups in total. The molecule has 2 aromatic carbocycles. The molecule has 1 aliphatic carbocycles. The van der Waals surface area contributed by atoms with Crippen molar-refractivity contribution >= 4 is 0 Å². The van der Waals surface area contributed by atoms with Crippen LogP contribution < -0.4 is 9.47 Å². The number of hydrogen-bond acceptors (Lipinski definition) is 7. The number of aromatic nitrogens is 1. The number of nitrogens with zero attached hydrogens (tertiary/aromatic N) is 3. The Labute approximate surface area is 198 Å². The number of benzene rings is 2. The highest BCUT2D eigenvalue weighted by Gasteiger charge is 2.76. The molecule has 0 radical (unpaired) electrons. The van der Waals surface area contributed by atoms with Crippen molar-refractivity contribution in [2.24, 2.45) is 5.92 Å². The molecule has 1 aromatic heterocycles. The molecule has 1 aliphatic heterocycles. The number of aliphatic hydroxyl groups excluding tert-OH is 1. The van der Waals surface area contributed by atoms with Gasteiger partial charge >= 0.3 is 0 Å². The lowest BCUT2D eigenvalue weighted by molar-refractivity contribution is -0.152. The maximum absolute atomic E-state index is 12.6. The molecule has 2 aliphatic rings. The molecule has 5 atom stereocenters. The Hall–Kier alpha value is -3.44. The Morgan fingerprint density at radius 2 is 1.82 bits per heavy atom. The van der Waals surface area contributed by atoms with Gasteiger partial charge in [0.25, 0.3) is 0 Å². The molecule has 1 fully saturated rings. The molecule has 0 spiro atoms. The van der Waals surface area contributed by atoms with Crippen LogP contribution in [0.2, 0.25) is 0 Å². The Morgan fingerprint density at radius 3 is 2.44 bits per heavy atom. The maximum Gasteiger partial charge on any atom is 0.177 e. The van der Waals surface area contributed by atoms with Crippen LogP contribution in [-0.2, 0) is 11.2 Å². The third-order valence-corrected chi connectivity index (χ3v) is 7.19. The van der Waals surface area contributed by atoms with Crippen LogP contribution in [0.15, 0.2) is 67.0 Å². The van der Waals surface area contributed by atoms with Gasteiger partial charge in [-0.05, 0) is 37.4 Å². The summed E-state index contributed by atoms with van der Waals surface area (Å²) < 4.78 is 12.3. The first kappa shape index (κ1) is 22.4. The minimum Gasteiger partial charge on any atom is -0.495 e. The van der Waals surface area contributed by atoms with E-state index in [0.29, 0.717) is 34.7 Å². The van der Waals surface area contributed by atoms with Gasteiger partial charge in [-0.3, -0.25) is 4.98 Å². The predicted octanol–water partition coefficient (Wildman–Crippen LogP) is 2.77. The lowest BCUT2D eigenvalue weighted by atomic mass is 9.70. The fraction of sp³-hybridized carbons (Fsp3) is 0.333. The molecule has 1 saturated carbocycles. The van der Waals surface area contributed by atoms with E-state index in [4.69, 9.17) is 9.47 Å². The molecule has 0 saturated heterocycles. The summed E-state index contributed by atoms with van der Waals surface area (Å²) in [5.41, 5.74) is -0.704. The van der Waals surface area contributed by atoms with E-state index in [9.17, 15) is 15.5 Å². The highest BCUT2D eigenvalue weighted by atomic mass is 16.5. The van der Waals surface area contributed by atoms with Crippen LogP contribution >= 0.6 is 0 Å². The molecule has 3 aromatic rings. The van der Waals surface area contributed by atoms with Crippen molar-refractivity contribution in [3.05, 3.63) is 89.2 Å². The van der Waals surface area contributed by atoms with Crippen molar-refractivity contribution in [2.45, 2.75) is 23.2 Å². The molecule has 5 rings (SSSR count). The highest BCUT2D eigenvalue weighted by molar-refractivity contribution is 5.59. The van der Waals surface area contributed by atoms with E-state index in [1.165, 1.54) is 13.3 Å². The van der Waals surface area contributed by atoms with Gasteiger partial charge in [0, 0.05) is 18.4 Å². The highest BCUT2D eigenvalue weighted by Crippen LogP contribution is 2.69. The van der Waals surface area contributed by atoms with E-state index in [0.717, 1.165) is 5.56 Å². The smallest absolute Gasteiger partial charge is 0.177 e. The predicted molar refractivity (Wildman–Crippen MR) is 125 cm³/mol. The first-order valence-electron chi connectivity index (χ1n) is 11.2. The lowest BCUT2D eigenvalue weighted by Gasteiger charge is -2.41. The largest absolute Gasteiger partial charge is 0.495 e. The molecule has 2 unspecified atom stereocenters. The van der Waals surface area contributed by atoms with Crippen LogP contribution in [0.25, 0.3) is 0 Å². The normalized spacial score (nSPS) is 29.3. The van der Waals surface area contributed by atoms with Gasteiger partial charge in [0.1, 0.15) is 11.5 Å². The van der Waals surface area contributed by atoms with Crippen molar-refractivity contribution in [3.8, 4) is 17.6 Å². The molecule has 2 heterocycles. The summed E-state index contributed by atoms with van der Waals surface area (Å²) in [5.74, 6) is -0.0633. The number of hydrogen-bond donors (Lipinski definition) is 2. The molecule has 0 bridgehead atoms. The van der Waals surface area contributed by atoms with Crippen LogP contribution in [-0.4, -0.2) is 54.0 Å². The van der Waals surface area contributed by atoms with Crippen molar-refractivity contribution in [1.82, 2.24) is 9.88 Å². The Kier molecular flexibility index (Phi) is 5.33. The van der Waals surface area contributed by atoms with E-state index in [2.05, 4.69) is 11.1 Å². The minimum atomic E-state index is -1.83. The minimum absolute atomic E-state index is 0.354. The van der Waals surface area contributed by atoms with Crippen molar-refractivity contribution in [2.75, 3.05) is 27.7 Å². The second kappa shape index (κ2) is 8.10. The van der Waals surface area contributed by atoms with Crippen LogP contribution in [0, 0.1) is 17.2 Å². The van der Waals surface area contributed by atoms with Gasteiger partial charge in [-0.2, -0.15) is 5.26 Å². The second-order valence-electron chi connectivity index (χ2n) is 9.27. The first-order valence-corrected chi connectivity index (χ1v) is 11.2. The van der Waals surface area contributed by atoms with Gasteiger partial charge in [0.2, 0.25) is 0 Å². The molecular weight excluding hydrogens is 430 g/mol. The molecule has 174 valence electrons. The fourth-order valence-electron chi connectivity index (χ4n) is 5.95. The van der Waals surface area contributed by atoms with Gasteiger partial charge in [0.05, 0.1) is 42.8 Å². The van der Waals surface area contributed by atoms with Gasteiger partial charge in [-0.25, -0.2) is 0 Å². The number of nitriles is 1. The van der Waals surface area contributed by atoms with Crippen LogP contribution in [0.3, 0.4) is 0 Å². The Balaban J connectivity index is 1.85. The van der Waals surface area contributed by atoms with Crippen LogP contribution in [0.1, 0.15) is 28.2 Å². The monoisotopic (exact) mass is 457 g/mol. The zero-order chi connectivity index (χ0) is 24.1. The molecule has 7 nitrogen and oxygen atoms in total. The van der Waals surface area contributed by atoms with Crippen molar-refractivity contribution in [3.63, 3.8) is 0 Å². The summed E-state index contributed by atoms with van der Waals surface area (Å²) in [6.45, 7) is 0.521. The SMILES string of the molecule is COc1cncc2c1[C@]1(O)[C@H](O)C(CN(C)C)C(c3ccccc3)[C@]1(c1ccc(C#N)cc1)O2. The summed E-state index contributed by atoms with van der Waals surface area (Å²) in [5, 5.41) is 33.9. The third kappa shape index (κ3) is 2.90. The van der Waals surface area contributed by atoms with E-state index >= 15 is 0 Å². The average Bonchev–Trinajstić information content (AvgIpc) is 3.23. The van der Waals surface area contributed by atoms with E-state index in [1.54, 1.807) is 30.5 Å². The summed E-state index contributed by atoms with van der Waals surface area (Å²) in [4.78, 5) is 6.24. The summed E-state index contributed by atoms with van der Waals surface area (Å²) in [6, 6.07) is 19.0. The van der Waals surface area contributed by atoms with Gasteiger partial charge in [-0.1, -0.05) is 42.5 Å². The standard InChI is InChI=1S/C27H27N3O4/c1-30(2)16-20-23(18-7-5-4-6-8-18)27(19-11-9-17(13-28)10-12-19)26(32,25(20)31)24-21(33-3)14-29-15-22(24)34-27/h4-12,14-15,20,23,25,31-32H,16H2,1-3H3/t20?,23?,25-,26+,27+/m1/s1. The van der Waals surface area contributed by atoms with Crippen LogP contribution in [0.4, 0.5) is 0 Å². The quantitative estimate of drug-likeness (QED) is 0.608. The summed E-state index contributed by atoms with van der Waals surface area (Å²) >= 11 is 0. The number of pyridine rings is 1. The lowest BCUT2D eigenvalue weighted by Crippen LogP contribution is -2.52. The van der Waals surface area contributed by atoms with Crippen molar-refractivity contribution in [1.29, 1.82) is 5.26 Å².